The van der Waals surface area contributed by atoms with E-state index < -0.39 is 12.1 Å². The third-order valence-electron chi connectivity index (χ3n) is 4.78. The first-order valence-corrected chi connectivity index (χ1v) is 8.77. The van der Waals surface area contributed by atoms with E-state index in [0.717, 1.165) is 19.6 Å². The minimum atomic E-state index is -0.826. The summed E-state index contributed by atoms with van der Waals surface area (Å²) < 4.78 is 24.1. The minimum absolute atomic E-state index is 0.143. The molecule has 2 heterocycles. The molecule has 1 aromatic rings. The van der Waals surface area contributed by atoms with Gasteiger partial charge in [0, 0.05) is 33.2 Å². The molecular weight excluding hydrogens is 341 g/mol. The van der Waals surface area contributed by atoms with Crippen LogP contribution in [-0.4, -0.2) is 80.8 Å². The zero-order valence-corrected chi connectivity index (χ0v) is 14.8. The maximum absolute atomic E-state index is 13.2. The Morgan fingerprint density at radius 3 is 2.65 bits per heavy atom. The van der Waals surface area contributed by atoms with Crippen LogP contribution in [0.2, 0.25) is 0 Å². The van der Waals surface area contributed by atoms with Crippen LogP contribution >= 0.6 is 0 Å². The highest BCUT2D eigenvalue weighted by Crippen LogP contribution is 2.29. The van der Waals surface area contributed by atoms with E-state index >= 15 is 0 Å². The lowest BCUT2D eigenvalue weighted by Gasteiger charge is -2.38. The zero-order valence-electron chi connectivity index (χ0n) is 14.8. The number of carbonyl (C=O) groups excluding carboxylic acids is 2. The van der Waals surface area contributed by atoms with Gasteiger partial charge in [0.2, 0.25) is 5.91 Å². The summed E-state index contributed by atoms with van der Waals surface area (Å²) in [5.74, 6) is -0.852. The van der Waals surface area contributed by atoms with E-state index in [4.69, 9.17) is 9.47 Å². The summed E-state index contributed by atoms with van der Waals surface area (Å²) in [5.41, 5.74) is 0.662. The molecule has 0 radical (unpaired) electrons. The number of benzene rings is 1. The molecule has 26 heavy (non-hydrogen) atoms. The van der Waals surface area contributed by atoms with Crippen molar-refractivity contribution < 1.29 is 23.5 Å². The number of ether oxygens (including phenoxy) is 2. The number of morpholine rings is 2. The number of rotatable bonds is 5. The van der Waals surface area contributed by atoms with Crippen molar-refractivity contribution in [3.05, 3.63) is 35.6 Å². The molecule has 0 aliphatic carbocycles. The number of amides is 2. The first-order chi connectivity index (χ1) is 12.6. The molecule has 2 amide bonds. The molecule has 0 aromatic heterocycles. The van der Waals surface area contributed by atoms with Crippen LogP contribution in [0.5, 0.6) is 0 Å². The lowest BCUT2D eigenvalue weighted by molar-refractivity contribution is -0.162. The summed E-state index contributed by atoms with van der Waals surface area (Å²) in [4.78, 5) is 28.4. The van der Waals surface area contributed by atoms with Gasteiger partial charge in [0.1, 0.15) is 12.4 Å². The summed E-state index contributed by atoms with van der Waals surface area (Å²) in [6.45, 7) is 4.20. The van der Waals surface area contributed by atoms with Gasteiger partial charge in [0.15, 0.2) is 6.10 Å². The molecule has 0 spiro atoms. The predicted octanol–water partition coefficient (Wildman–Crippen LogP) is 0.172. The highest BCUT2D eigenvalue weighted by molar-refractivity contribution is 5.86. The van der Waals surface area contributed by atoms with E-state index in [1.165, 1.54) is 17.0 Å². The first kappa shape index (κ1) is 18.8. The Bertz CT molecular complexity index is 634. The number of likely N-dealkylation sites (N-methyl/N-ethyl adjacent to an activating group) is 1. The van der Waals surface area contributed by atoms with Gasteiger partial charge in [-0.1, -0.05) is 12.1 Å². The van der Waals surface area contributed by atoms with Crippen molar-refractivity contribution in [3.63, 3.8) is 0 Å². The Morgan fingerprint density at radius 1 is 1.27 bits per heavy atom. The summed E-state index contributed by atoms with van der Waals surface area (Å²) in [6, 6.07) is 5.20. The molecule has 2 fully saturated rings. The van der Waals surface area contributed by atoms with Gasteiger partial charge in [-0.3, -0.25) is 14.5 Å². The topological polar surface area (TPSA) is 71.1 Å². The number of hydrogen-bond donors (Lipinski definition) is 1. The monoisotopic (exact) mass is 365 g/mol. The fourth-order valence-corrected chi connectivity index (χ4v) is 3.25. The molecule has 2 aliphatic rings. The molecule has 0 bridgehead atoms. The molecule has 2 aliphatic heterocycles. The fourth-order valence-electron chi connectivity index (χ4n) is 3.25. The first-order valence-electron chi connectivity index (χ1n) is 8.77. The quantitative estimate of drug-likeness (QED) is 0.806. The van der Waals surface area contributed by atoms with Gasteiger partial charge in [0.05, 0.1) is 19.3 Å². The van der Waals surface area contributed by atoms with Crippen molar-refractivity contribution in [1.29, 1.82) is 0 Å². The SMILES string of the molecule is CN1C(=O)COC(C(=O)NCCN2CCOCC2)C1c1ccc(F)cc1. The van der Waals surface area contributed by atoms with Gasteiger partial charge < -0.3 is 19.7 Å². The van der Waals surface area contributed by atoms with E-state index in [0.29, 0.717) is 25.3 Å². The van der Waals surface area contributed by atoms with Crippen LogP contribution in [0.25, 0.3) is 0 Å². The second-order valence-corrected chi connectivity index (χ2v) is 6.48. The Balaban J connectivity index is 1.63. The van der Waals surface area contributed by atoms with Crippen molar-refractivity contribution in [1.82, 2.24) is 15.1 Å². The van der Waals surface area contributed by atoms with E-state index in [2.05, 4.69) is 10.2 Å². The largest absolute Gasteiger partial charge is 0.379 e. The second kappa shape index (κ2) is 8.57. The van der Waals surface area contributed by atoms with Crippen LogP contribution in [0, 0.1) is 5.82 Å². The van der Waals surface area contributed by atoms with Crippen LogP contribution in [-0.2, 0) is 19.1 Å². The maximum atomic E-state index is 13.2. The van der Waals surface area contributed by atoms with Gasteiger partial charge in [-0.25, -0.2) is 4.39 Å². The Kier molecular flexibility index (Phi) is 6.18. The molecule has 2 atom stereocenters. The molecule has 2 unspecified atom stereocenters. The summed E-state index contributed by atoms with van der Waals surface area (Å²) >= 11 is 0. The van der Waals surface area contributed by atoms with Crippen molar-refractivity contribution >= 4 is 11.8 Å². The highest BCUT2D eigenvalue weighted by Gasteiger charge is 2.39. The van der Waals surface area contributed by atoms with Gasteiger partial charge in [0.25, 0.3) is 5.91 Å². The second-order valence-electron chi connectivity index (χ2n) is 6.48. The standard InChI is InChI=1S/C18H24FN3O4/c1-21-15(23)12-26-17(16(21)13-2-4-14(19)5-3-13)18(24)20-6-7-22-8-10-25-11-9-22/h2-5,16-17H,6-12H2,1H3,(H,20,24). The highest BCUT2D eigenvalue weighted by atomic mass is 19.1. The van der Waals surface area contributed by atoms with Gasteiger partial charge in [-0.05, 0) is 17.7 Å². The number of carbonyl (C=O) groups is 2. The van der Waals surface area contributed by atoms with E-state index in [9.17, 15) is 14.0 Å². The third-order valence-corrected chi connectivity index (χ3v) is 4.78. The van der Waals surface area contributed by atoms with Crippen LogP contribution < -0.4 is 5.32 Å². The molecular formula is C18H24FN3O4. The van der Waals surface area contributed by atoms with Crippen LogP contribution in [0.1, 0.15) is 11.6 Å². The van der Waals surface area contributed by atoms with E-state index in [-0.39, 0.29) is 24.2 Å². The van der Waals surface area contributed by atoms with Gasteiger partial charge >= 0.3 is 0 Å². The van der Waals surface area contributed by atoms with Crippen molar-refractivity contribution in [2.24, 2.45) is 0 Å². The predicted molar refractivity (Wildman–Crippen MR) is 91.9 cm³/mol. The molecule has 7 nitrogen and oxygen atoms in total. The van der Waals surface area contributed by atoms with Crippen molar-refractivity contribution in [3.8, 4) is 0 Å². The van der Waals surface area contributed by atoms with E-state index in [1.807, 2.05) is 0 Å². The molecule has 1 N–H and O–H groups in total. The summed E-state index contributed by atoms with van der Waals surface area (Å²) in [6.07, 6.45) is -0.826. The van der Waals surface area contributed by atoms with Crippen LogP contribution in [0.4, 0.5) is 4.39 Å². The van der Waals surface area contributed by atoms with Gasteiger partial charge in [-0.15, -0.1) is 0 Å². The summed E-state index contributed by atoms with van der Waals surface area (Å²) in [5, 5.41) is 2.89. The van der Waals surface area contributed by atoms with E-state index in [1.54, 1.807) is 19.2 Å². The van der Waals surface area contributed by atoms with Crippen LogP contribution in [0.15, 0.2) is 24.3 Å². The van der Waals surface area contributed by atoms with Crippen molar-refractivity contribution in [2.45, 2.75) is 12.1 Å². The molecule has 2 saturated heterocycles. The average molecular weight is 365 g/mol. The molecule has 142 valence electrons. The number of halogens is 1. The Labute approximate surface area is 152 Å². The summed E-state index contributed by atoms with van der Waals surface area (Å²) in [7, 11) is 1.63. The smallest absolute Gasteiger partial charge is 0.251 e. The normalized spacial score (nSPS) is 24.5. The van der Waals surface area contributed by atoms with Gasteiger partial charge in [-0.2, -0.15) is 0 Å². The number of nitrogens with zero attached hydrogens (tertiary/aromatic N) is 2. The lowest BCUT2D eigenvalue weighted by Crippen LogP contribution is -2.53. The number of nitrogens with one attached hydrogen (secondary N) is 1. The van der Waals surface area contributed by atoms with Crippen LogP contribution in [0.3, 0.4) is 0 Å². The lowest BCUT2D eigenvalue weighted by atomic mass is 9.97. The Hall–Kier alpha value is -2.03. The Morgan fingerprint density at radius 2 is 1.96 bits per heavy atom. The third kappa shape index (κ3) is 4.38. The average Bonchev–Trinajstić information content (AvgIpc) is 2.65. The minimum Gasteiger partial charge on any atom is -0.379 e. The molecule has 3 rings (SSSR count). The molecule has 1 aromatic carbocycles. The molecule has 8 heteroatoms. The fraction of sp³-hybridized carbons (Fsp3) is 0.556. The van der Waals surface area contributed by atoms with Crippen molar-refractivity contribution in [2.75, 3.05) is 53.0 Å². The zero-order chi connectivity index (χ0) is 18.5. The maximum Gasteiger partial charge on any atom is 0.251 e. The number of hydrogen-bond acceptors (Lipinski definition) is 5. The molecule has 0 saturated carbocycles.